The van der Waals surface area contributed by atoms with Crippen molar-refractivity contribution in [2.45, 2.75) is 13.8 Å². The van der Waals surface area contributed by atoms with Crippen LogP contribution >= 0.6 is 0 Å². The molecule has 0 spiro atoms. The number of aryl methyl sites for hydroxylation is 2. The summed E-state index contributed by atoms with van der Waals surface area (Å²) >= 11 is 0. The minimum absolute atomic E-state index is 0.402. The summed E-state index contributed by atoms with van der Waals surface area (Å²) < 4.78 is 24.1. The monoisotopic (exact) mass is 256 g/mol. The maximum atomic E-state index is 11.6. The first-order valence-electron chi connectivity index (χ1n) is 4.97. The molecule has 1 aromatic rings. The fourth-order valence-corrected chi connectivity index (χ4v) is 2.64. The lowest BCUT2D eigenvalue weighted by Crippen LogP contribution is -2.41. The Kier molecular flexibility index (Phi) is 3.77. The van der Waals surface area contributed by atoms with Crippen LogP contribution < -0.4 is 9.41 Å². The molecule has 0 aromatic heterocycles. The van der Waals surface area contributed by atoms with E-state index in [1.165, 1.54) is 0 Å². The van der Waals surface area contributed by atoms with E-state index in [2.05, 4.69) is 0 Å². The van der Waals surface area contributed by atoms with Crippen LogP contribution in [0.5, 0.6) is 0 Å². The van der Waals surface area contributed by atoms with Crippen molar-refractivity contribution >= 4 is 21.7 Å². The second-order valence-corrected chi connectivity index (χ2v) is 5.79. The zero-order valence-electron chi connectivity index (χ0n) is 9.93. The number of carbonyl (C=O) groups is 1. The fraction of sp³-hybridized carbons (Fsp3) is 0.364. The predicted octanol–water partition coefficient (Wildman–Crippen LogP) is -0.181. The Hall–Kier alpha value is -1.56. The van der Waals surface area contributed by atoms with Crippen molar-refractivity contribution in [1.82, 2.24) is 0 Å². The number of sulfonamides is 1. The molecule has 0 aliphatic carbocycles. The van der Waals surface area contributed by atoms with Gasteiger partial charge in [-0.05, 0) is 25.0 Å². The number of benzene rings is 1. The fourth-order valence-electron chi connectivity index (χ4n) is 1.68. The van der Waals surface area contributed by atoms with Gasteiger partial charge in [0.05, 0.1) is 24.5 Å². The van der Waals surface area contributed by atoms with Gasteiger partial charge in [-0.15, -0.1) is 0 Å². The number of carboxylic acids is 1. The summed E-state index contributed by atoms with van der Waals surface area (Å²) in [5, 5.41) is 10.6. The van der Waals surface area contributed by atoms with Gasteiger partial charge in [0, 0.05) is 0 Å². The lowest BCUT2D eigenvalue weighted by atomic mass is 10.1. The zero-order chi connectivity index (χ0) is 13.2. The third-order valence-electron chi connectivity index (χ3n) is 2.36. The van der Waals surface area contributed by atoms with Gasteiger partial charge in [0.2, 0.25) is 10.0 Å². The minimum Gasteiger partial charge on any atom is -0.548 e. The smallest absolute Gasteiger partial charge is 0.232 e. The third kappa shape index (κ3) is 3.20. The van der Waals surface area contributed by atoms with E-state index in [4.69, 9.17) is 0 Å². The molecule has 0 aliphatic rings. The molecule has 5 nitrogen and oxygen atoms in total. The number of hydrogen-bond acceptors (Lipinski definition) is 4. The van der Waals surface area contributed by atoms with Crippen LogP contribution in [0.2, 0.25) is 0 Å². The van der Waals surface area contributed by atoms with Crippen LogP contribution in [-0.4, -0.2) is 27.2 Å². The van der Waals surface area contributed by atoms with Crippen molar-refractivity contribution in [2.75, 3.05) is 17.1 Å². The molecule has 0 bridgehead atoms. The van der Waals surface area contributed by atoms with Gasteiger partial charge < -0.3 is 9.90 Å². The molecule has 0 saturated heterocycles. The van der Waals surface area contributed by atoms with Crippen molar-refractivity contribution < 1.29 is 18.3 Å². The van der Waals surface area contributed by atoms with Gasteiger partial charge in [-0.25, -0.2) is 8.42 Å². The van der Waals surface area contributed by atoms with Crippen LogP contribution in [0, 0.1) is 13.8 Å². The number of anilines is 1. The van der Waals surface area contributed by atoms with E-state index < -0.39 is 22.5 Å². The molecule has 1 rings (SSSR count). The summed E-state index contributed by atoms with van der Waals surface area (Å²) in [6, 6.07) is 5.25. The topological polar surface area (TPSA) is 77.5 Å². The number of carbonyl (C=O) groups excluding carboxylic acids is 1. The Bertz CT molecular complexity index is 516. The van der Waals surface area contributed by atoms with Crippen molar-refractivity contribution in [1.29, 1.82) is 0 Å². The molecule has 6 heteroatoms. The normalized spacial score (nSPS) is 11.2. The number of nitrogens with zero attached hydrogens (tertiary/aromatic N) is 1. The first kappa shape index (κ1) is 13.5. The van der Waals surface area contributed by atoms with E-state index in [-0.39, 0.29) is 0 Å². The number of aliphatic carboxylic acids is 1. The molecule has 17 heavy (non-hydrogen) atoms. The van der Waals surface area contributed by atoms with Gasteiger partial charge in [0.25, 0.3) is 0 Å². The molecule has 0 unspecified atom stereocenters. The molecule has 0 atom stereocenters. The number of hydrogen-bond donors (Lipinski definition) is 0. The van der Waals surface area contributed by atoms with Gasteiger partial charge in [-0.1, -0.05) is 18.2 Å². The zero-order valence-corrected chi connectivity index (χ0v) is 10.7. The summed E-state index contributed by atoms with van der Waals surface area (Å²) in [5.74, 6) is -1.43. The Morgan fingerprint density at radius 2 is 1.76 bits per heavy atom. The molecule has 0 aliphatic heterocycles. The van der Waals surface area contributed by atoms with Crippen LogP contribution in [0.25, 0.3) is 0 Å². The Morgan fingerprint density at radius 3 is 2.12 bits per heavy atom. The Morgan fingerprint density at radius 1 is 1.29 bits per heavy atom. The quantitative estimate of drug-likeness (QED) is 0.748. The summed E-state index contributed by atoms with van der Waals surface area (Å²) in [7, 11) is -3.65. The molecule has 0 fully saturated rings. The second-order valence-electron chi connectivity index (χ2n) is 3.88. The molecule has 0 radical (unpaired) electrons. The first-order valence-corrected chi connectivity index (χ1v) is 6.82. The van der Waals surface area contributed by atoms with E-state index in [0.29, 0.717) is 16.8 Å². The highest BCUT2D eigenvalue weighted by molar-refractivity contribution is 7.92. The molecule has 0 heterocycles. The average Bonchev–Trinajstić information content (AvgIpc) is 2.13. The molecule has 0 N–H and O–H groups in total. The average molecular weight is 256 g/mol. The molecular formula is C11H14NO4S-. The van der Waals surface area contributed by atoms with Crippen molar-refractivity contribution in [3.05, 3.63) is 29.3 Å². The van der Waals surface area contributed by atoms with Gasteiger partial charge in [-0.3, -0.25) is 4.31 Å². The van der Waals surface area contributed by atoms with Crippen LogP contribution in [0.4, 0.5) is 5.69 Å². The minimum atomic E-state index is -3.65. The van der Waals surface area contributed by atoms with Gasteiger partial charge in [-0.2, -0.15) is 0 Å². The lowest BCUT2D eigenvalue weighted by molar-refractivity contribution is -0.303. The maximum absolute atomic E-state index is 11.6. The molecule has 0 amide bonds. The Balaban J connectivity index is 3.37. The number of carboxylic acid groups (broad SMARTS) is 1. The first-order chi connectivity index (χ1) is 7.73. The third-order valence-corrected chi connectivity index (χ3v) is 3.47. The molecule has 1 aromatic carbocycles. The van der Waals surface area contributed by atoms with Crippen molar-refractivity contribution in [2.24, 2.45) is 0 Å². The Labute approximate surface area is 101 Å². The van der Waals surface area contributed by atoms with Gasteiger partial charge in [0.15, 0.2) is 0 Å². The molecule has 94 valence electrons. The van der Waals surface area contributed by atoms with E-state index in [9.17, 15) is 18.3 Å². The predicted molar refractivity (Wildman–Crippen MR) is 63.1 cm³/mol. The number of rotatable bonds is 4. The van der Waals surface area contributed by atoms with Gasteiger partial charge in [0.1, 0.15) is 0 Å². The summed E-state index contributed by atoms with van der Waals surface area (Å²) in [6.07, 6.45) is 0.974. The SMILES string of the molecule is Cc1cccc(C)c1N(CC(=O)[O-])S(C)(=O)=O. The standard InChI is InChI=1S/C11H15NO4S/c1-8-5-4-6-9(2)11(8)12(7-10(13)14)17(3,15)16/h4-6H,7H2,1-3H3,(H,13,14)/p-1. The van der Waals surface area contributed by atoms with E-state index >= 15 is 0 Å². The van der Waals surface area contributed by atoms with E-state index in [1.54, 1.807) is 32.0 Å². The van der Waals surface area contributed by atoms with Crippen molar-refractivity contribution in [3.8, 4) is 0 Å². The van der Waals surface area contributed by atoms with Crippen LogP contribution in [-0.2, 0) is 14.8 Å². The molecular weight excluding hydrogens is 242 g/mol. The second kappa shape index (κ2) is 4.75. The highest BCUT2D eigenvalue weighted by atomic mass is 32.2. The van der Waals surface area contributed by atoms with Gasteiger partial charge >= 0.3 is 0 Å². The maximum Gasteiger partial charge on any atom is 0.232 e. The van der Waals surface area contributed by atoms with E-state index in [1.807, 2.05) is 0 Å². The summed E-state index contributed by atoms with van der Waals surface area (Å²) in [5.41, 5.74) is 1.81. The highest BCUT2D eigenvalue weighted by Crippen LogP contribution is 2.26. The highest BCUT2D eigenvalue weighted by Gasteiger charge is 2.20. The molecule has 0 saturated carbocycles. The summed E-state index contributed by atoms with van der Waals surface area (Å²) in [4.78, 5) is 10.6. The lowest BCUT2D eigenvalue weighted by Gasteiger charge is -2.26. The number of para-hydroxylation sites is 1. The van der Waals surface area contributed by atoms with Crippen molar-refractivity contribution in [3.63, 3.8) is 0 Å². The van der Waals surface area contributed by atoms with Crippen LogP contribution in [0.3, 0.4) is 0 Å². The van der Waals surface area contributed by atoms with Crippen LogP contribution in [0.15, 0.2) is 18.2 Å². The van der Waals surface area contributed by atoms with Crippen LogP contribution in [0.1, 0.15) is 11.1 Å². The summed E-state index contributed by atoms with van der Waals surface area (Å²) in [6.45, 7) is 2.79. The van der Waals surface area contributed by atoms with E-state index in [0.717, 1.165) is 10.6 Å². The largest absolute Gasteiger partial charge is 0.548 e.